The predicted octanol–water partition coefficient (Wildman–Crippen LogP) is 2.11. The van der Waals surface area contributed by atoms with Crippen LogP contribution in [-0.2, 0) is 14.8 Å². The summed E-state index contributed by atoms with van der Waals surface area (Å²) >= 11 is 0. The Morgan fingerprint density at radius 1 is 1.04 bits per heavy atom. The van der Waals surface area contributed by atoms with Gasteiger partial charge in [0.25, 0.3) is 0 Å². The molecule has 0 bridgehead atoms. The fraction of sp³-hybridized carbons (Fsp3) is 0.667. The maximum atomic E-state index is 13.0. The zero-order chi connectivity index (χ0) is 20.5. The number of rotatable bonds is 4. The molecular weight excluding hydrogens is 374 g/mol. The molecule has 0 unspecified atom stereocenters. The van der Waals surface area contributed by atoms with E-state index in [4.69, 9.17) is 0 Å². The summed E-state index contributed by atoms with van der Waals surface area (Å²) in [6.45, 7) is 12.3. The number of benzene rings is 1. The van der Waals surface area contributed by atoms with Gasteiger partial charge in [0.15, 0.2) is 0 Å². The third-order valence-corrected chi connectivity index (χ3v) is 7.90. The van der Waals surface area contributed by atoms with E-state index in [-0.39, 0.29) is 5.91 Å². The zero-order valence-electron chi connectivity index (χ0n) is 17.5. The molecule has 2 heterocycles. The van der Waals surface area contributed by atoms with Crippen molar-refractivity contribution in [2.24, 2.45) is 11.8 Å². The van der Waals surface area contributed by atoms with Crippen LogP contribution >= 0.6 is 0 Å². The van der Waals surface area contributed by atoms with Crippen LogP contribution in [0.3, 0.4) is 0 Å². The van der Waals surface area contributed by atoms with E-state index in [1.807, 2.05) is 30.9 Å². The maximum absolute atomic E-state index is 13.0. The summed E-state index contributed by atoms with van der Waals surface area (Å²) in [6.07, 6.45) is 1.22. The van der Waals surface area contributed by atoms with Gasteiger partial charge >= 0.3 is 0 Å². The molecule has 2 saturated heterocycles. The van der Waals surface area contributed by atoms with Gasteiger partial charge in [0, 0.05) is 39.3 Å². The Bertz CT molecular complexity index is 806. The number of carbonyl (C=O) groups excluding carboxylic acids is 1. The van der Waals surface area contributed by atoms with Gasteiger partial charge in [-0.05, 0) is 43.7 Å². The van der Waals surface area contributed by atoms with Crippen LogP contribution in [0.25, 0.3) is 0 Å². The average molecular weight is 408 g/mol. The SMILES string of the molecule is Cc1ccc(S(=O)(=O)N2CCN(C(=O)CN3C[C@H](C)C[C@H](C)C3)CC2)c(C)c1. The van der Waals surface area contributed by atoms with E-state index in [2.05, 4.69) is 18.7 Å². The Morgan fingerprint density at radius 2 is 1.64 bits per heavy atom. The summed E-state index contributed by atoms with van der Waals surface area (Å²) in [5.74, 6) is 1.36. The van der Waals surface area contributed by atoms with Crippen molar-refractivity contribution in [1.82, 2.24) is 14.1 Å². The van der Waals surface area contributed by atoms with Crippen molar-refractivity contribution in [2.75, 3.05) is 45.8 Å². The summed E-state index contributed by atoms with van der Waals surface area (Å²) in [5.41, 5.74) is 1.82. The Labute approximate surface area is 169 Å². The molecule has 0 spiro atoms. The van der Waals surface area contributed by atoms with E-state index in [1.165, 1.54) is 10.7 Å². The van der Waals surface area contributed by atoms with Crippen LogP contribution in [0.15, 0.2) is 23.1 Å². The number of nitrogens with zero attached hydrogens (tertiary/aromatic N) is 3. The Hall–Kier alpha value is -1.44. The van der Waals surface area contributed by atoms with Crippen molar-refractivity contribution in [3.05, 3.63) is 29.3 Å². The van der Waals surface area contributed by atoms with Crippen LogP contribution in [0.1, 0.15) is 31.4 Å². The molecule has 0 radical (unpaired) electrons. The fourth-order valence-corrected chi connectivity index (χ4v) is 6.25. The van der Waals surface area contributed by atoms with Gasteiger partial charge < -0.3 is 4.90 Å². The highest BCUT2D eigenvalue weighted by Gasteiger charge is 2.32. The van der Waals surface area contributed by atoms with Crippen molar-refractivity contribution < 1.29 is 13.2 Å². The lowest BCUT2D eigenvalue weighted by molar-refractivity contribution is -0.134. The predicted molar refractivity (Wildman–Crippen MR) is 111 cm³/mol. The number of hydrogen-bond acceptors (Lipinski definition) is 4. The lowest BCUT2D eigenvalue weighted by Gasteiger charge is -2.38. The van der Waals surface area contributed by atoms with Crippen molar-refractivity contribution in [3.8, 4) is 0 Å². The van der Waals surface area contributed by atoms with E-state index in [0.717, 1.165) is 24.2 Å². The molecule has 2 atom stereocenters. The Kier molecular flexibility index (Phi) is 6.47. The van der Waals surface area contributed by atoms with Crippen molar-refractivity contribution >= 4 is 15.9 Å². The van der Waals surface area contributed by atoms with Gasteiger partial charge in [0.05, 0.1) is 11.4 Å². The van der Waals surface area contributed by atoms with E-state index in [0.29, 0.717) is 49.5 Å². The smallest absolute Gasteiger partial charge is 0.243 e. The summed E-state index contributed by atoms with van der Waals surface area (Å²) in [4.78, 5) is 17.2. The number of hydrogen-bond donors (Lipinski definition) is 0. The summed E-state index contributed by atoms with van der Waals surface area (Å²) in [5, 5.41) is 0. The molecule has 1 aromatic carbocycles. The molecule has 1 aromatic rings. The lowest BCUT2D eigenvalue weighted by Crippen LogP contribution is -2.53. The number of aryl methyl sites for hydroxylation is 2. The first kappa shape index (κ1) is 21.3. The molecule has 0 aliphatic carbocycles. The number of carbonyl (C=O) groups is 1. The topological polar surface area (TPSA) is 60.9 Å². The number of likely N-dealkylation sites (tertiary alicyclic amines) is 1. The third-order valence-electron chi connectivity index (χ3n) is 5.84. The molecule has 6 nitrogen and oxygen atoms in total. The molecule has 156 valence electrons. The fourth-order valence-electron chi connectivity index (χ4n) is 4.62. The molecule has 0 saturated carbocycles. The van der Waals surface area contributed by atoms with Gasteiger partial charge in [-0.1, -0.05) is 31.5 Å². The largest absolute Gasteiger partial charge is 0.339 e. The first-order valence-corrected chi connectivity index (χ1v) is 11.7. The molecule has 3 rings (SSSR count). The highest BCUT2D eigenvalue weighted by molar-refractivity contribution is 7.89. The standard InChI is InChI=1S/C21H33N3O3S/c1-16-5-6-20(19(4)12-16)28(26,27)24-9-7-23(8-10-24)21(25)15-22-13-17(2)11-18(3)14-22/h5-6,12,17-18H,7-11,13-15H2,1-4H3/t17-,18+. The van der Waals surface area contributed by atoms with Gasteiger partial charge in [-0.3, -0.25) is 9.69 Å². The number of amides is 1. The van der Waals surface area contributed by atoms with E-state index in [1.54, 1.807) is 6.07 Å². The van der Waals surface area contributed by atoms with Gasteiger partial charge in [0.1, 0.15) is 0 Å². The normalized spacial score (nSPS) is 25.1. The molecule has 0 aromatic heterocycles. The van der Waals surface area contributed by atoms with Crippen LogP contribution in [0.2, 0.25) is 0 Å². The quantitative estimate of drug-likeness (QED) is 0.767. The van der Waals surface area contributed by atoms with Crippen LogP contribution in [0, 0.1) is 25.7 Å². The van der Waals surface area contributed by atoms with E-state index in [9.17, 15) is 13.2 Å². The molecule has 0 N–H and O–H groups in total. The summed E-state index contributed by atoms with van der Waals surface area (Å²) in [7, 11) is -3.52. The highest BCUT2D eigenvalue weighted by Crippen LogP contribution is 2.23. The highest BCUT2D eigenvalue weighted by atomic mass is 32.2. The Morgan fingerprint density at radius 3 is 2.21 bits per heavy atom. The van der Waals surface area contributed by atoms with Gasteiger partial charge in [-0.2, -0.15) is 4.31 Å². The molecule has 7 heteroatoms. The van der Waals surface area contributed by atoms with E-state index < -0.39 is 10.0 Å². The maximum Gasteiger partial charge on any atom is 0.243 e. The van der Waals surface area contributed by atoms with Gasteiger partial charge in [-0.15, -0.1) is 0 Å². The van der Waals surface area contributed by atoms with Crippen molar-refractivity contribution in [1.29, 1.82) is 0 Å². The van der Waals surface area contributed by atoms with Crippen molar-refractivity contribution in [2.45, 2.75) is 39.0 Å². The molecule has 2 fully saturated rings. The second-order valence-electron chi connectivity index (χ2n) is 8.69. The van der Waals surface area contributed by atoms with Crippen LogP contribution in [-0.4, -0.2) is 74.2 Å². The third kappa shape index (κ3) is 4.75. The minimum atomic E-state index is -3.52. The van der Waals surface area contributed by atoms with E-state index >= 15 is 0 Å². The number of sulfonamides is 1. The first-order valence-electron chi connectivity index (χ1n) is 10.2. The molecular formula is C21H33N3O3S. The minimum Gasteiger partial charge on any atom is -0.339 e. The second-order valence-corrected chi connectivity index (χ2v) is 10.6. The van der Waals surface area contributed by atoms with Crippen LogP contribution < -0.4 is 0 Å². The zero-order valence-corrected chi connectivity index (χ0v) is 18.3. The minimum absolute atomic E-state index is 0.116. The van der Waals surface area contributed by atoms with Gasteiger partial charge in [0.2, 0.25) is 15.9 Å². The average Bonchev–Trinajstić information content (AvgIpc) is 2.60. The molecule has 28 heavy (non-hydrogen) atoms. The summed E-state index contributed by atoms with van der Waals surface area (Å²) < 4.78 is 27.5. The molecule has 1 amide bonds. The van der Waals surface area contributed by atoms with Crippen molar-refractivity contribution in [3.63, 3.8) is 0 Å². The lowest BCUT2D eigenvalue weighted by atomic mass is 9.92. The number of piperazine rings is 1. The van der Waals surface area contributed by atoms with Crippen LogP contribution in [0.5, 0.6) is 0 Å². The molecule has 2 aliphatic rings. The monoisotopic (exact) mass is 407 g/mol. The Balaban J connectivity index is 1.58. The number of piperidine rings is 1. The molecule has 2 aliphatic heterocycles. The summed E-state index contributed by atoms with van der Waals surface area (Å²) in [6, 6.07) is 5.42. The van der Waals surface area contributed by atoms with Crippen LogP contribution in [0.4, 0.5) is 0 Å². The second kappa shape index (κ2) is 8.51. The first-order chi connectivity index (χ1) is 13.2. The van der Waals surface area contributed by atoms with Gasteiger partial charge in [-0.25, -0.2) is 8.42 Å².